The zero-order chi connectivity index (χ0) is 36.4. The number of rotatable bonds is 6. The van der Waals surface area contributed by atoms with Gasteiger partial charge in [0.2, 0.25) is 0 Å². The molecular formula is C49H34N3O2Pt-. The van der Waals surface area contributed by atoms with Gasteiger partial charge in [-0.3, -0.25) is 9.55 Å². The second-order valence-corrected chi connectivity index (χ2v) is 14.3. The monoisotopic (exact) mass is 891 g/mol. The normalized spacial score (nSPS) is 11.7. The molecule has 268 valence electrons. The Kier molecular flexibility index (Phi) is 8.48. The van der Waals surface area contributed by atoms with Crippen LogP contribution in [0.15, 0.2) is 168 Å². The van der Waals surface area contributed by atoms with Crippen LogP contribution in [-0.2, 0) is 26.5 Å². The summed E-state index contributed by atoms with van der Waals surface area (Å²) in [5, 5.41) is 15.4. The maximum atomic E-state index is 11.0. The molecule has 3 aromatic heterocycles. The van der Waals surface area contributed by atoms with Crippen molar-refractivity contribution in [2.75, 3.05) is 0 Å². The fraction of sp³-hybridized carbons (Fsp3) is 0.0612. The fourth-order valence-corrected chi connectivity index (χ4v) is 7.75. The largest absolute Gasteiger partial charge is 0.507 e. The van der Waals surface area contributed by atoms with Gasteiger partial charge in [0, 0.05) is 48.6 Å². The van der Waals surface area contributed by atoms with Gasteiger partial charge in [-0.05, 0) is 58.8 Å². The summed E-state index contributed by atoms with van der Waals surface area (Å²) in [6, 6.07) is 57.5. The van der Waals surface area contributed by atoms with Gasteiger partial charge >= 0.3 is 0 Å². The van der Waals surface area contributed by atoms with Crippen LogP contribution in [0.4, 0.5) is 0 Å². The summed E-state index contributed by atoms with van der Waals surface area (Å²) in [5.41, 5.74) is 10.5. The maximum Gasteiger partial charge on any atom is 0.152 e. The number of aromatic nitrogens is 3. The Morgan fingerprint density at radius 1 is 0.618 bits per heavy atom. The summed E-state index contributed by atoms with van der Waals surface area (Å²) in [6.07, 6.45) is 1.83. The summed E-state index contributed by atoms with van der Waals surface area (Å²) >= 11 is 0. The van der Waals surface area contributed by atoms with Crippen LogP contribution >= 0.6 is 0 Å². The van der Waals surface area contributed by atoms with E-state index in [-0.39, 0.29) is 32.2 Å². The molecule has 0 aliphatic heterocycles. The van der Waals surface area contributed by atoms with E-state index in [0.717, 1.165) is 77.4 Å². The molecule has 0 aliphatic rings. The number of aromatic hydroxyl groups is 1. The number of nitrogens with zero attached hydrogens (tertiary/aromatic N) is 3. The Hall–Kier alpha value is -6.29. The van der Waals surface area contributed by atoms with Gasteiger partial charge < -0.3 is 9.52 Å². The van der Waals surface area contributed by atoms with Crippen molar-refractivity contribution in [2.45, 2.75) is 19.3 Å². The zero-order valence-corrected chi connectivity index (χ0v) is 32.4. The molecule has 0 atom stereocenters. The van der Waals surface area contributed by atoms with E-state index >= 15 is 0 Å². The Balaban J connectivity index is 0.00000397. The van der Waals surface area contributed by atoms with Crippen LogP contribution in [0, 0.1) is 6.07 Å². The molecule has 0 fully saturated rings. The van der Waals surface area contributed by atoms with Gasteiger partial charge in [-0.2, -0.15) is 0 Å². The van der Waals surface area contributed by atoms with E-state index < -0.39 is 0 Å². The second-order valence-electron chi connectivity index (χ2n) is 14.3. The zero-order valence-electron chi connectivity index (χ0n) is 30.1. The number of furan rings is 1. The number of hydrogen-bond donors (Lipinski definition) is 1. The number of benzene rings is 7. The minimum Gasteiger partial charge on any atom is -0.507 e. The van der Waals surface area contributed by atoms with Gasteiger partial charge in [0.25, 0.3) is 0 Å². The number of fused-ring (bicyclic) bond motifs is 5. The topological polar surface area (TPSA) is 64.1 Å². The molecule has 0 saturated heterocycles. The third kappa shape index (κ3) is 5.83. The predicted molar refractivity (Wildman–Crippen MR) is 219 cm³/mol. The molecule has 0 radical (unpaired) electrons. The van der Waals surface area contributed by atoms with E-state index in [0.29, 0.717) is 11.4 Å². The van der Waals surface area contributed by atoms with Crippen molar-refractivity contribution in [3.8, 4) is 45.2 Å². The summed E-state index contributed by atoms with van der Waals surface area (Å²) in [6.45, 7) is 4.52. The first-order valence-electron chi connectivity index (χ1n) is 18.1. The van der Waals surface area contributed by atoms with E-state index in [2.05, 4.69) is 134 Å². The summed E-state index contributed by atoms with van der Waals surface area (Å²) < 4.78 is 8.44. The van der Waals surface area contributed by atoms with Gasteiger partial charge in [-0.15, -0.1) is 29.3 Å². The predicted octanol–water partition coefficient (Wildman–Crippen LogP) is 12.3. The summed E-state index contributed by atoms with van der Waals surface area (Å²) in [4.78, 5) is 10.3. The molecule has 5 nitrogen and oxygen atoms in total. The van der Waals surface area contributed by atoms with Crippen molar-refractivity contribution in [3.63, 3.8) is 0 Å². The van der Waals surface area contributed by atoms with E-state index in [9.17, 15) is 5.11 Å². The smallest absolute Gasteiger partial charge is 0.152 e. The minimum atomic E-state index is -0.344. The molecule has 1 N–H and O–H groups in total. The Bertz CT molecular complexity index is 3040. The second kappa shape index (κ2) is 13.5. The number of phenols is 1. The third-order valence-corrected chi connectivity index (χ3v) is 10.7. The van der Waals surface area contributed by atoms with Gasteiger partial charge in [0.05, 0.1) is 22.8 Å². The van der Waals surface area contributed by atoms with Crippen LogP contribution in [0.25, 0.3) is 83.2 Å². The van der Waals surface area contributed by atoms with Gasteiger partial charge in [-0.1, -0.05) is 128 Å². The average molecular weight is 892 g/mol. The van der Waals surface area contributed by atoms with Crippen molar-refractivity contribution in [1.82, 2.24) is 14.5 Å². The molecule has 0 amide bonds. The van der Waals surface area contributed by atoms with Crippen LogP contribution in [-0.4, -0.2) is 19.6 Å². The molecule has 7 aromatic carbocycles. The number of pyridine rings is 1. The van der Waals surface area contributed by atoms with Gasteiger partial charge in [-0.25, -0.2) is 4.98 Å². The molecule has 10 rings (SSSR count). The maximum absolute atomic E-state index is 11.0. The van der Waals surface area contributed by atoms with Crippen LogP contribution in [0.2, 0.25) is 0 Å². The Morgan fingerprint density at radius 3 is 2.05 bits per heavy atom. The van der Waals surface area contributed by atoms with Crippen molar-refractivity contribution >= 4 is 43.7 Å². The van der Waals surface area contributed by atoms with Gasteiger partial charge in [0.1, 0.15) is 17.2 Å². The molecule has 0 aliphatic carbocycles. The third-order valence-electron chi connectivity index (χ3n) is 10.7. The standard InChI is InChI=1S/C49H34N3O2.Pt/c1-49(2,35-16-5-3-6-17-35)36-25-33(24-34(26-36)42-29-41-40-27-31-14-9-10-15-32(31)28-45(40)54-46(41)30-50-42)38-21-13-22-43-47(38)51-48(39-20-11-12-23-44(39)53)52(43)37-18-7-4-8-19-37;/h3-23,25-30,53H,1-2H3;/q-1;. The van der Waals surface area contributed by atoms with E-state index in [1.807, 2.05) is 48.7 Å². The minimum absolute atomic E-state index is 0. The SMILES string of the molecule is CC(C)(c1ccccc1)c1cc(-c2cc3c(cn2)oc2cc4ccccc4cc23)[c-]c(-c2cccc3c2nc(-c2ccccc2O)n3-c2ccccc2)c1.[Pt]. The van der Waals surface area contributed by atoms with Crippen LogP contribution in [0.1, 0.15) is 25.0 Å². The van der Waals surface area contributed by atoms with Crippen LogP contribution < -0.4 is 0 Å². The Morgan fingerprint density at radius 2 is 1.27 bits per heavy atom. The quantitative estimate of drug-likeness (QED) is 0.169. The molecule has 0 saturated carbocycles. The molecule has 0 unspecified atom stereocenters. The fourth-order valence-electron chi connectivity index (χ4n) is 7.75. The molecule has 0 spiro atoms. The molecule has 55 heavy (non-hydrogen) atoms. The molecule has 10 aromatic rings. The molecule has 6 heteroatoms. The molecule has 0 bridgehead atoms. The van der Waals surface area contributed by atoms with Crippen LogP contribution in [0.3, 0.4) is 0 Å². The number of para-hydroxylation sites is 3. The van der Waals surface area contributed by atoms with Crippen molar-refractivity contribution in [1.29, 1.82) is 0 Å². The number of phenolic OH excluding ortho intramolecular Hbond substituents is 1. The van der Waals surface area contributed by atoms with Crippen LogP contribution in [0.5, 0.6) is 5.75 Å². The average Bonchev–Trinajstić information content (AvgIpc) is 3.78. The number of hydrogen-bond acceptors (Lipinski definition) is 4. The van der Waals surface area contributed by atoms with E-state index in [1.165, 1.54) is 5.56 Å². The first kappa shape index (κ1) is 34.5. The van der Waals surface area contributed by atoms with Crippen molar-refractivity contribution in [2.24, 2.45) is 0 Å². The van der Waals surface area contributed by atoms with E-state index in [4.69, 9.17) is 14.4 Å². The Labute approximate surface area is 332 Å². The van der Waals surface area contributed by atoms with Crippen molar-refractivity contribution in [3.05, 3.63) is 181 Å². The molecule has 3 heterocycles. The molecular weight excluding hydrogens is 858 g/mol. The van der Waals surface area contributed by atoms with Crippen molar-refractivity contribution < 1.29 is 30.6 Å². The summed E-state index contributed by atoms with van der Waals surface area (Å²) in [5.74, 6) is 0.836. The first-order valence-corrected chi connectivity index (χ1v) is 18.1. The number of imidazole rings is 1. The summed E-state index contributed by atoms with van der Waals surface area (Å²) in [7, 11) is 0. The van der Waals surface area contributed by atoms with Gasteiger partial charge in [0.15, 0.2) is 5.58 Å². The van der Waals surface area contributed by atoms with E-state index in [1.54, 1.807) is 6.07 Å². The first-order chi connectivity index (χ1) is 26.4.